The molecule has 0 bridgehead atoms. The Labute approximate surface area is 135 Å². The summed E-state index contributed by atoms with van der Waals surface area (Å²) in [6, 6.07) is 8.92. The van der Waals surface area contributed by atoms with Crippen molar-refractivity contribution in [1.82, 2.24) is 15.3 Å². The third-order valence-corrected chi connectivity index (χ3v) is 4.62. The molecule has 1 saturated heterocycles. The van der Waals surface area contributed by atoms with Gasteiger partial charge in [-0.15, -0.1) is 0 Å². The number of nitrogen functional groups attached to an aromatic ring is 1. The van der Waals surface area contributed by atoms with Gasteiger partial charge in [-0.05, 0) is 24.0 Å². The molecule has 0 spiro atoms. The Balaban J connectivity index is 1.42. The molecule has 5 N–H and O–H groups in total. The number of rotatable bonds is 5. The minimum atomic E-state index is 0.341. The summed E-state index contributed by atoms with van der Waals surface area (Å²) in [5, 5.41) is 10.0. The van der Waals surface area contributed by atoms with E-state index in [0.717, 1.165) is 38.3 Å². The van der Waals surface area contributed by atoms with Gasteiger partial charge in [0.15, 0.2) is 5.82 Å². The fourth-order valence-corrected chi connectivity index (χ4v) is 3.17. The van der Waals surface area contributed by atoms with Crippen LogP contribution in [-0.2, 0) is 12.8 Å². The Hall–Kier alpha value is -2.34. The molecule has 4 rings (SSSR count). The minimum absolute atomic E-state index is 0.341. The van der Waals surface area contributed by atoms with Crippen LogP contribution < -0.4 is 21.7 Å². The third kappa shape index (κ3) is 3.07. The number of hydrogen-bond acceptors (Lipinski definition) is 6. The van der Waals surface area contributed by atoms with Gasteiger partial charge in [0.05, 0.1) is 11.9 Å². The Morgan fingerprint density at radius 3 is 2.57 bits per heavy atom. The molecule has 6 nitrogen and oxygen atoms in total. The van der Waals surface area contributed by atoms with E-state index in [9.17, 15) is 0 Å². The average molecular weight is 310 g/mol. The van der Waals surface area contributed by atoms with E-state index in [0.29, 0.717) is 23.6 Å². The molecule has 0 unspecified atom stereocenters. The number of fused-ring (bicyclic) bond motifs is 1. The van der Waals surface area contributed by atoms with Crippen molar-refractivity contribution >= 4 is 17.5 Å². The first-order valence-electron chi connectivity index (χ1n) is 8.18. The summed E-state index contributed by atoms with van der Waals surface area (Å²) in [6.45, 7) is 3.02. The van der Waals surface area contributed by atoms with Crippen molar-refractivity contribution in [2.75, 3.05) is 36.0 Å². The third-order valence-electron chi connectivity index (χ3n) is 4.62. The summed E-state index contributed by atoms with van der Waals surface area (Å²) in [5.41, 5.74) is 9.46. The van der Waals surface area contributed by atoms with Crippen LogP contribution in [0.25, 0.3) is 0 Å². The molecular weight excluding hydrogens is 288 g/mol. The zero-order chi connectivity index (χ0) is 15.6. The molecular formula is C17H22N6. The maximum Gasteiger partial charge on any atom is 0.224 e. The number of nitrogens with zero attached hydrogens (tertiary/aromatic N) is 2. The molecule has 1 aliphatic carbocycles. The van der Waals surface area contributed by atoms with Crippen LogP contribution in [0.15, 0.2) is 30.5 Å². The zero-order valence-corrected chi connectivity index (χ0v) is 13.0. The quantitative estimate of drug-likeness (QED) is 0.665. The topological polar surface area (TPSA) is 87.9 Å². The van der Waals surface area contributed by atoms with Gasteiger partial charge in [0.2, 0.25) is 5.95 Å². The molecule has 23 heavy (non-hydrogen) atoms. The first-order chi connectivity index (χ1) is 11.3. The van der Waals surface area contributed by atoms with Crippen LogP contribution >= 0.6 is 0 Å². The van der Waals surface area contributed by atoms with Crippen molar-refractivity contribution in [3.8, 4) is 0 Å². The van der Waals surface area contributed by atoms with Crippen LogP contribution in [0, 0.1) is 5.92 Å². The molecule has 2 aromatic rings. The van der Waals surface area contributed by atoms with E-state index < -0.39 is 0 Å². The summed E-state index contributed by atoms with van der Waals surface area (Å²) in [7, 11) is 0. The second-order valence-corrected chi connectivity index (χ2v) is 6.42. The first-order valence-corrected chi connectivity index (χ1v) is 8.18. The van der Waals surface area contributed by atoms with Gasteiger partial charge in [-0.3, -0.25) is 0 Å². The number of benzene rings is 1. The zero-order valence-electron chi connectivity index (χ0n) is 13.0. The lowest BCUT2D eigenvalue weighted by molar-refractivity contribution is 0.365. The molecule has 2 heterocycles. The second kappa shape index (κ2) is 6.04. The summed E-state index contributed by atoms with van der Waals surface area (Å²) in [4.78, 5) is 8.83. The van der Waals surface area contributed by atoms with Gasteiger partial charge in [0.1, 0.15) is 0 Å². The number of aromatic nitrogens is 2. The van der Waals surface area contributed by atoms with Crippen LogP contribution in [0.1, 0.15) is 11.1 Å². The monoisotopic (exact) mass is 310 g/mol. The lowest BCUT2D eigenvalue weighted by atomic mass is 10.0. The predicted octanol–water partition coefficient (Wildman–Crippen LogP) is 1.27. The highest BCUT2D eigenvalue weighted by molar-refractivity contribution is 5.62. The van der Waals surface area contributed by atoms with Gasteiger partial charge in [0.25, 0.3) is 0 Å². The van der Waals surface area contributed by atoms with Gasteiger partial charge in [0, 0.05) is 31.6 Å². The van der Waals surface area contributed by atoms with E-state index in [1.54, 1.807) is 6.20 Å². The highest BCUT2D eigenvalue weighted by atomic mass is 15.2. The maximum absolute atomic E-state index is 6.04. The standard InChI is InChI=1S/C17H22N6/c18-15-10-21-17(20-9-11-7-19-8-11)23-16(15)22-14-5-12-3-1-2-4-13(12)6-14/h1-4,10-11,14,19H,5-9,18H2,(H2,20,21,22,23). The van der Waals surface area contributed by atoms with Crippen molar-refractivity contribution in [2.24, 2.45) is 5.92 Å². The lowest BCUT2D eigenvalue weighted by Gasteiger charge is -2.27. The average Bonchev–Trinajstić information content (AvgIpc) is 2.91. The Bertz CT molecular complexity index is 672. The molecule has 0 atom stereocenters. The van der Waals surface area contributed by atoms with Crippen molar-refractivity contribution in [1.29, 1.82) is 0 Å². The van der Waals surface area contributed by atoms with E-state index in [1.165, 1.54) is 11.1 Å². The number of hydrogen-bond donors (Lipinski definition) is 4. The number of anilines is 3. The molecule has 2 aliphatic rings. The molecule has 1 aromatic heterocycles. The largest absolute Gasteiger partial charge is 0.394 e. The van der Waals surface area contributed by atoms with Gasteiger partial charge in [-0.1, -0.05) is 24.3 Å². The smallest absolute Gasteiger partial charge is 0.224 e. The lowest BCUT2D eigenvalue weighted by Crippen LogP contribution is -2.45. The summed E-state index contributed by atoms with van der Waals surface area (Å²) < 4.78 is 0. The van der Waals surface area contributed by atoms with E-state index in [1.807, 2.05) is 0 Å². The molecule has 1 aromatic carbocycles. The molecule has 0 amide bonds. The van der Waals surface area contributed by atoms with E-state index in [2.05, 4.69) is 50.2 Å². The van der Waals surface area contributed by atoms with Crippen molar-refractivity contribution in [2.45, 2.75) is 18.9 Å². The molecule has 0 radical (unpaired) electrons. The van der Waals surface area contributed by atoms with Crippen molar-refractivity contribution < 1.29 is 0 Å². The minimum Gasteiger partial charge on any atom is -0.394 e. The van der Waals surface area contributed by atoms with Crippen LogP contribution in [-0.4, -0.2) is 35.6 Å². The van der Waals surface area contributed by atoms with E-state index in [-0.39, 0.29) is 0 Å². The fraction of sp³-hybridized carbons (Fsp3) is 0.412. The SMILES string of the molecule is Nc1cnc(NCC2CNC2)nc1NC1Cc2ccccc2C1. The maximum atomic E-state index is 6.04. The summed E-state index contributed by atoms with van der Waals surface area (Å²) in [5.74, 6) is 2.04. The highest BCUT2D eigenvalue weighted by Crippen LogP contribution is 2.26. The molecule has 1 aliphatic heterocycles. The normalized spacial score (nSPS) is 17.6. The van der Waals surface area contributed by atoms with Crippen LogP contribution in [0.3, 0.4) is 0 Å². The Kier molecular flexibility index (Phi) is 3.75. The number of nitrogens with one attached hydrogen (secondary N) is 3. The Morgan fingerprint density at radius 1 is 1.17 bits per heavy atom. The van der Waals surface area contributed by atoms with Gasteiger partial charge in [-0.25, -0.2) is 4.98 Å². The first kappa shape index (κ1) is 14.3. The van der Waals surface area contributed by atoms with Crippen LogP contribution in [0.5, 0.6) is 0 Å². The van der Waals surface area contributed by atoms with Crippen LogP contribution in [0.2, 0.25) is 0 Å². The van der Waals surface area contributed by atoms with Crippen molar-refractivity contribution in [3.63, 3.8) is 0 Å². The fourth-order valence-electron chi connectivity index (χ4n) is 3.17. The molecule has 120 valence electrons. The second-order valence-electron chi connectivity index (χ2n) is 6.42. The summed E-state index contributed by atoms with van der Waals surface area (Å²) in [6.07, 6.45) is 3.70. The van der Waals surface area contributed by atoms with Crippen molar-refractivity contribution in [3.05, 3.63) is 41.6 Å². The Morgan fingerprint density at radius 2 is 1.91 bits per heavy atom. The van der Waals surface area contributed by atoms with Gasteiger partial charge >= 0.3 is 0 Å². The van der Waals surface area contributed by atoms with E-state index >= 15 is 0 Å². The molecule has 1 fully saturated rings. The van der Waals surface area contributed by atoms with Gasteiger partial charge in [-0.2, -0.15) is 4.98 Å². The van der Waals surface area contributed by atoms with Gasteiger partial charge < -0.3 is 21.7 Å². The molecule has 6 heteroatoms. The summed E-state index contributed by atoms with van der Waals surface area (Å²) >= 11 is 0. The van der Waals surface area contributed by atoms with E-state index in [4.69, 9.17) is 5.73 Å². The highest BCUT2D eigenvalue weighted by Gasteiger charge is 2.22. The molecule has 0 saturated carbocycles. The predicted molar refractivity (Wildman–Crippen MR) is 92.6 cm³/mol. The van der Waals surface area contributed by atoms with Crippen LogP contribution in [0.4, 0.5) is 17.5 Å². The number of nitrogens with two attached hydrogens (primary N) is 1.